The molecule has 5 heteroatoms. The molecule has 2 rings (SSSR count). The first-order chi connectivity index (χ1) is 7.79. The zero-order chi connectivity index (χ0) is 11.4. The highest BCUT2D eigenvalue weighted by molar-refractivity contribution is 5.77. The summed E-state index contributed by atoms with van der Waals surface area (Å²) < 4.78 is 1.90. The summed E-state index contributed by atoms with van der Waals surface area (Å²) in [5, 5.41) is 0. The number of hydrogen-bond acceptors (Lipinski definition) is 3. The fraction of sp³-hybridized carbons (Fsp3) is 0.0909. The van der Waals surface area contributed by atoms with Crippen molar-refractivity contribution >= 4 is 5.91 Å². The summed E-state index contributed by atoms with van der Waals surface area (Å²) in [5.41, 5.74) is 4.03. The van der Waals surface area contributed by atoms with Crippen molar-refractivity contribution in [2.24, 2.45) is 5.84 Å². The van der Waals surface area contributed by atoms with Crippen molar-refractivity contribution in [3.05, 3.63) is 48.5 Å². The number of benzene rings is 1. The Morgan fingerprint density at radius 1 is 1.38 bits per heavy atom. The molecule has 1 amide bonds. The van der Waals surface area contributed by atoms with Crippen molar-refractivity contribution < 1.29 is 4.79 Å². The van der Waals surface area contributed by atoms with Crippen molar-refractivity contribution in [1.82, 2.24) is 15.0 Å². The molecule has 0 saturated carbocycles. The predicted molar refractivity (Wildman–Crippen MR) is 59.6 cm³/mol. The lowest BCUT2D eigenvalue weighted by atomic mass is 10.1. The molecule has 0 fully saturated rings. The maximum absolute atomic E-state index is 11.0. The summed E-state index contributed by atoms with van der Waals surface area (Å²) in [7, 11) is 0. The third-order valence-electron chi connectivity index (χ3n) is 2.26. The Balaban J connectivity index is 2.14. The Bertz CT molecular complexity index is 461. The first-order valence-electron chi connectivity index (χ1n) is 4.86. The molecule has 3 N–H and O–H groups in total. The van der Waals surface area contributed by atoms with Crippen LogP contribution in [0.2, 0.25) is 0 Å². The Labute approximate surface area is 92.9 Å². The van der Waals surface area contributed by atoms with Gasteiger partial charge < -0.3 is 4.57 Å². The lowest BCUT2D eigenvalue weighted by molar-refractivity contribution is -0.120. The zero-order valence-electron chi connectivity index (χ0n) is 8.63. The molecule has 0 saturated heterocycles. The SMILES string of the molecule is NNC(=O)Cc1ccc(-n2ccnc2)cc1. The molecule has 0 spiro atoms. The van der Waals surface area contributed by atoms with Gasteiger partial charge in [0.15, 0.2) is 0 Å². The zero-order valence-corrected chi connectivity index (χ0v) is 8.63. The van der Waals surface area contributed by atoms with Crippen molar-refractivity contribution in [3.8, 4) is 5.69 Å². The number of imidazole rings is 1. The highest BCUT2D eigenvalue weighted by Gasteiger charge is 2.01. The Morgan fingerprint density at radius 3 is 2.69 bits per heavy atom. The van der Waals surface area contributed by atoms with Crippen molar-refractivity contribution in [2.45, 2.75) is 6.42 Å². The van der Waals surface area contributed by atoms with Gasteiger partial charge in [-0.1, -0.05) is 12.1 Å². The summed E-state index contributed by atoms with van der Waals surface area (Å²) in [6.07, 6.45) is 5.60. The highest BCUT2D eigenvalue weighted by Crippen LogP contribution is 2.09. The average molecular weight is 216 g/mol. The van der Waals surface area contributed by atoms with Crippen LogP contribution >= 0.6 is 0 Å². The Morgan fingerprint density at radius 2 is 2.12 bits per heavy atom. The fourth-order valence-electron chi connectivity index (χ4n) is 1.43. The number of nitrogens with zero attached hydrogens (tertiary/aromatic N) is 2. The second-order valence-electron chi connectivity index (χ2n) is 3.38. The van der Waals surface area contributed by atoms with Gasteiger partial charge in [-0.3, -0.25) is 10.2 Å². The first-order valence-corrected chi connectivity index (χ1v) is 4.86. The molecule has 82 valence electrons. The maximum atomic E-state index is 11.0. The molecular formula is C11H12N4O. The van der Waals surface area contributed by atoms with E-state index in [2.05, 4.69) is 10.4 Å². The van der Waals surface area contributed by atoms with Gasteiger partial charge in [0, 0.05) is 18.1 Å². The summed E-state index contributed by atoms with van der Waals surface area (Å²) in [5.74, 6) is 4.82. The average Bonchev–Trinajstić information content (AvgIpc) is 2.83. The van der Waals surface area contributed by atoms with Crippen LogP contribution < -0.4 is 11.3 Å². The normalized spacial score (nSPS) is 10.1. The molecule has 0 bridgehead atoms. The third kappa shape index (κ3) is 2.26. The lowest BCUT2D eigenvalue weighted by Gasteiger charge is -2.04. The van der Waals surface area contributed by atoms with Gasteiger partial charge >= 0.3 is 0 Å². The molecule has 16 heavy (non-hydrogen) atoms. The van der Waals surface area contributed by atoms with Gasteiger partial charge in [0.1, 0.15) is 0 Å². The summed E-state index contributed by atoms with van der Waals surface area (Å²) in [4.78, 5) is 15.0. The van der Waals surface area contributed by atoms with Crippen LogP contribution in [0.3, 0.4) is 0 Å². The van der Waals surface area contributed by atoms with E-state index in [1.54, 1.807) is 12.5 Å². The second-order valence-corrected chi connectivity index (χ2v) is 3.38. The molecule has 1 aromatic heterocycles. The number of amides is 1. The van der Waals surface area contributed by atoms with Crippen LogP contribution in [0.15, 0.2) is 43.0 Å². The van der Waals surface area contributed by atoms with Crippen LogP contribution in [0.4, 0.5) is 0 Å². The topological polar surface area (TPSA) is 72.9 Å². The van der Waals surface area contributed by atoms with Crippen molar-refractivity contribution in [3.63, 3.8) is 0 Å². The number of hydrogen-bond donors (Lipinski definition) is 2. The van der Waals surface area contributed by atoms with Gasteiger partial charge in [-0.25, -0.2) is 10.8 Å². The smallest absolute Gasteiger partial charge is 0.238 e. The van der Waals surface area contributed by atoms with Gasteiger partial charge in [0.25, 0.3) is 0 Å². The van der Waals surface area contributed by atoms with Crippen molar-refractivity contribution in [2.75, 3.05) is 0 Å². The van der Waals surface area contributed by atoms with E-state index in [4.69, 9.17) is 5.84 Å². The Hall–Kier alpha value is -2.14. The minimum Gasteiger partial charge on any atom is -0.306 e. The quantitative estimate of drug-likeness (QED) is 0.443. The van der Waals surface area contributed by atoms with Crippen LogP contribution in [-0.2, 0) is 11.2 Å². The summed E-state index contributed by atoms with van der Waals surface area (Å²) >= 11 is 0. The van der Waals surface area contributed by atoms with Crippen LogP contribution in [0, 0.1) is 0 Å². The largest absolute Gasteiger partial charge is 0.306 e. The van der Waals surface area contributed by atoms with E-state index in [1.807, 2.05) is 35.0 Å². The molecule has 5 nitrogen and oxygen atoms in total. The number of carbonyl (C=O) groups excluding carboxylic acids is 1. The summed E-state index contributed by atoms with van der Waals surface area (Å²) in [6, 6.07) is 7.65. The van der Waals surface area contributed by atoms with E-state index in [9.17, 15) is 4.79 Å². The lowest BCUT2D eigenvalue weighted by Crippen LogP contribution is -2.31. The highest BCUT2D eigenvalue weighted by atomic mass is 16.2. The van der Waals surface area contributed by atoms with E-state index < -0.39 is 0 Å². The molecule has 0 atom stereocenters. The summed E-state index contributed by atoms with van der Waals surface area (Å²) in [6.45, 7) is 0. The number of hydrazine groups is 1. The standard InChI is InChI=1S/C11H12N4O/c12-14-11(16)7-9-1-3-10(4-2-9)15-6-5-13-8-15/h1-6,8H,7,12H2,(H,14,16). The molecule has 1 aromatic carbocycles. The number of carbonyl (C=O) groups is 1. The number of aromatic nitrogens is 2. The maximum Gasteiger partial charge on any atom is 0.238 e. The van der Waals surface area contributed by atoms with E-state index in [-0.39, 0.29) is 5.91 Å². The monoisotopic (exact) mass is 216 g/mol. The van der Waals surface area contributed by atoms with Crippen molar-refractivity contribution in [1.29, 1.82) is 0 Å². The minimum atomic E-state index is -0.199. The number of rotatable bonds is 3. The molecular weight excluding hydrogens is 204 g/mol. The van der Waals surface area contributed by atoms with Gasteiger partial charge in [0.05, 0.1) is 12.7 Å². The molecule has 1 heterocycles. The predicted octanol–water partition coefficient (Wildman–Crippen LogP) is 0.405. The van der Waals surface area contributed by atoms with Gasteiger partial charge in [-0.2, -0.15) is 0 Å². The Kier molecular flexibility index (Phi) is 2.98. The van der Waals surface area contributed by atoms with Gasteiger partial charge in [0.2, 0.25) is 5.91 Å². The molecule has 0 aliphatic carbocycles. The molecule has 0 unspecified atom stereocenters. The van der Waals surface area contributed by atoms with Crippen LogP contribution in [-0.4, -0.2) is 15.5 Å². The molecule has 2 aromatic rings. The van der Waals surface area contributed by atoms with Gasteiger partial charge in [-0.15, -0.1) is 0 Å². The van der Waals surface area contributed by atoms with Crippen LogP contribution in [0.1, 0.15) is 5.56 Å². The van der Waals surface area contributed by atoms with E-state index in [0.29, 0.717) is 6.42 Å². The van der Waals surface area contributed by atoms with Crippen LogP contribution in [0.25, 0.3) is 5.69 Å². The minimum absolute atomic E-state index is 0.199. The van der Waals surface area contributed by atoms with E-state index in [0.717, 1.165) is 11.3 Å². The number of nitrogens with two attached hydrogens (primary N) is 1. The molecule has 0 radical (unpaired) electrons. The molecule has 0 aliphatic heterocycles. The fourth-order valence-corrected chi connectivity index (χ4v) is 1.43. The third-order valence-corrected chi connectivity index (χ3v) is 2.26. The van der Waals surface area contributed by atoms with Gasteiger partial charge in [-0.05, 0) is 17.7 Å². The van der Waals surface area contributed by atoms with Crippen LogP contribution in [0.5, 0.6) is 0 Å². The first kappa shape index (κ1) is 10.4. The van der Waals surface area contributed by atoms with E-state index >= 15 is 0 Å². The number of nitrogens with one attached hydrogen (secondary N) is 1. The van der Waals surface area contributed by atoms with E-state index in [1.165, 1.54) is 0 Å². The molecule has 0 aliphatic rings. The second kappa shape index (κ2) is 4.59.